The summed E-state index contributed by atoms with van der Waals surface area (Å²) in [7, 11) is 0. The average Bonchev–Trinajstić information content (AvgIpc) is 3.22. The van der Waals surface area contributed by atoms with Crippen LogP contribution in [-0.4, -0.2) is 40.8 Å². The normalized spacial score (nSPS) is 21.3. The molecule has 0 spiro atoms. The maximum Gasteiger partial charge on any atom is 0.251 e. The number of nitrogens with zero attached hydrogens (tertiary/aromatic N) is 3. The number of aromatic amines is 1. The van der Waals surface area contributed by atoms with Gasteiger partial charge in [-0.1, -0.05) is 6.92 Å². The van der Waals surface area contributed by atoms with E-state index in [1.54, 1.807) is 12.3 Å². The van der Waals surface area contributed by atoms with Crippen molar-refractivity contribution in [2.24, 2.45) is 5.92 Å². The van der Waals surface area contributed by atoms with Gasteiger partial charge in [0.1, 0.15) is 11.6 Å². The van der Waals surface area contributed by atoms with Crippen molar-refractivity contribution < 1.29 is 4.74 Å². The van der Waals surface area contributed by atoms with Crippen LogP contribution in [0.5, 0.6) is 0 Å². The van der Waals surface area contributed by atoms with Gasteiger partial charge in [-0.15, -0.1) is 0 Å². The lowest BCUT2D eigenvalue weighted by molar-refractivity contribution is 0.0531. The lowest BCUT2D eigenvalue weighted by Gasteiger charge is -2.35. The molecule has 2 aromatic rings. The van der Waals surface area contributed by atoms with E-state index < -0.39 is 0 Å². The summed E-state index contributed by atoms with van der Waals surface area (Å²) in [6.45, 7) is 4.98. The summed E-state index contributed by atoms with van der Waals surface area (Å²) in [6.07, 6.45) is 7.79. The molecule has 138 valence electrons. The van der Waals surface area contributed by atoms with Crippen LogP contribution < -0.4 is 10.5 Å². The number of aromatic nitrogens is 3. The van der Waals surface area contributed by atoms with Crippen molar-refractivity contribution in [2.75, 3.05) is 24.6 Å². The number of H-pyrrole nitrogens is 1. The Morgan fingerprint density at radius 3 is 2.77 bits per heavy atom. The standard InChI is InChI=1S/C20H26N4O2/c1-2-16-12-19(25)23-20(22-16)15-5-6-18(21-13-15)24-9-7-14(8-10-24)17-4-3-11-26-17/h5-6,12-14,17H,2-4,7-11H2,1H3,(H,22,23,25). The third-order valence-corrected chi connectivity index (χ3v) is 5.53. The number of nitrogens with one attached hydrogen (secondary N) is 1. The van der Waals surface area contributed by atoms with Crippen molar-refractivity contribution in [3.8, 4) is 11.4 Å². The predicted octanol–water partition coefficient (Wildman–Crippen LogP) is 2.79. The van der Waals surface area contributed by atoms with E-state index >= 15 is 0 Å². The SMILES string of the molecule is CCc1cc(=O)[nH]c(-c2ccc(N3CCC(C4CCCO4)CC3)nc2)n1. The molecule has 4 heterocycles. The van der Waals surface area contributed by atoms with Gasteiger partial charge in [0.05, 0.1) is 6.10 Å². The molecule has 1 unspecified atom stereocenters. The summed E-state index contributed by atoms with van der Waals surface area (Å²) < 4.78 is 5.86. The summed E-state index contributed by atoms with van der Waals surface area (Å²) in [6, 6.07) is 5.57. The second kappa shape index (κ2) is 7.58. The molecule has 4 rings (SSSR count). The molecule has 2 aliphatic rings. The first kappa shape index (κ1) is 17.2. The molecule has 6 nitrogen and oxygen atoms in total. The van der Waals surface area contributed by atoms with Crippen molar-refractivity contribution in [2.45, 2.75) is 45.1 Å². The third kappa shape index (κ3) is 3.65. The predicted molar refractivity (Wildman–Crippen MR) is 101 cm³/mol. The maximum absolute atomic E-state index is 11.8. The first-order valence-electron chi connectivity index (χ1n) is 9.66. The molecule has 1 atom stereocenters. The number of aryl methyl sites for hydroxylation is 1. The minimum atomic E-state index is -0.118. The fraction of sp³-hybridized carbons (Fsp3) is 0.550. The Kier molecular flexibility index (Phi) is 5.02. The van der Waals surface area contributed by atoms with Crippen LogP contribution in [0, 0.1) is 5.92 Å². The minimum absolute atomic E-state index is 0.118. The van der Waals surface area contributed by atoms with Crippen LogP contribution in [0.1, 0.15) is 38.3 Å². The van der Waals surface area contributed by atoms with Gasteiger partial charge in [0, 0.05) is 43.2 Å². The van der Waals surface area contributed by atoms with Gasteiger partial charge in [0.15, 0.2) is 0 Å². The van der Waals surface area contributed by atoms with E-state index in [2.05, 4.69) is 19.9 Å². The van der Waals surface area contributed by atoms with Gasteiger partial charge in [-0.05, 0) is 50.2 Å². The van der Waals surface area contributed by atoms with E-state index in [1.807, 2.05) is 19.1 Å². The molecule has 0 aliphatic carbocycles. The highest BCUT2D eigenvalue weighted by Crippen LogP contribution is 2.30. The zero-order chi connectivity index (χ0) is 17.9. The molecule has 0 bridgehead atoms. The van der Waals surface area contributed by atoms with Crippen LogP contribution >= 0.6 is 0 Å². The number of rotatable bonds is 4. The Balaban J connectivity index is 1.43. The highest BCUT2D eigenvalue weighted by molar-refractivity contribution is 5.56. The van der Waals surface area contributed by atoms with Gasteiger partial charge in [0.25, 0.3) is 5.56 Å². The number of piperidine rings is 1. The summed E-state index contributed by atoms with van der Waals surface area (Å²) in [5.74, 6) is 2.28. The molecular formula is C20H26N4O2. The molecule has 2 aliphatic heterocycles. The van der Waals surface area contributed by atoms with Crippen molar-refractivity contribution in [3.63, 3.8) is 0 Å². The van der Waals surface area contributed by atoms with Gasteiger partial charge in [-0.25, -0.2) is 9.97 Å². The van der Waals surface area contributed by atoms with Crippen molar-refractivity contribution in [3.05, 3.63) is 40.4 Å². The number of hydrogen-bond donors (Lipinski definition) is 1. The van der Waals surface area contributed by atoms with Gasteiger partial charge in [-0.2, -0.15) is 0 Å². The molecular weight excluding hydrogens is 328 g/mol. The molecule has 2 aromatic heterocycles. The Morgan fingerprint density at radius 2 is 2.12 bits per heavy atom. The Hall–Kier alpha value is -2.21. The van der Waals surface area contributed by atoms with Crippen LogP contribution in [0.4, 0.5) is 5.82 Å². The lowest BCUT2D eigenvalue weighted by atomic mass is 9.90. The van der Waals surface area contributed by atoms with Gasteiger partial charge in [-0.3, -0.25) is 4.79 Å². The molecule has 26 heavy (non-hydrogen) atoms. The smallest absolute Gasteiger partial charge is 0.251 e. The topological polar surface area (TPSA) is 71.1 Å². The first-order valence-corrected chi connectivity index (χ1v) is 9.66. The van der Waals surface area contributed by atoms with Gasteiger partial charge < -0.3 is 14.6 Å². The van der Waals surface area contributed by atoms with Gasteiger partial charge in [0.2, 0.25) is 0 Å². The van der Waals surface area contributed by atoms with Gasteiger partial charge >= 0.3 is 0 Å². The number of pyridine rings is 1. The summed E-state index contributed by atoms with van der Waals surface area (Å²) >= 11 is 0. The second-order valence-electron chi connectivity index (χ2n) is 7.22. The largest absolute Gasteiger partial charge is 0.378 e. The molecule has 0 aromatic carbocycles. The average molecular weight is 354 g/mol. The van der Waals surface area contributed by atoms with E-state index in [0.29, 0.717) is 17.8 Å². The Morgan fingerprint density at radius 1 is 1.27 bits per heavy atom. The Labute approximate surface area is 153 Å². The molecule has 2 saturated heterocycles. The van der Waals surface area contributed by atoms with Crippen molar-refractivity contribution in [1.29, 1.82) is 0 Å². The maximum atomic E-state index is 11.8. The summed E-state index contributed by atoms with van der Waals surface area (Å²) in [5, 5.41) is 0. The fourth-order valence-corrected chi connectivity index (χ4v) is 4.01. The third-order valence-electron chi connectivity index (χ3n) is 5.53. The van der Waals surface area contributed by atoms with Crippen LogP contribution in [0.15, 0.2) is 29.2 Å². The summed E-state index contributed by atoms with van der Waals surface area (Å²) in [4.78, 5) is 26.0. The number of anilines is 1. The van der Waals surface area contributed by atoms with Crippen LogP contribution in [0.2, 0.25) is 0 Å². The van der Waals surface area contributed by atoms with Crippen LogP contribution in [0.25, 0.3) is 11.4 Å². The first-order chi connectivity index (χ1) is 12.7. The van der Waals surface area contributed by atoms with E-state index in [0.717, 1.165) is 43.2 Å². The zero-order valence-corrected chi connectivity index (χ0v) is 15.3. The molecule has 6 heteroatoms. The Bertz CT molecular complexity index is 788. The van der Waals surface area contributed by atoms with Crippen molar-refractivity contribution in [1.82, 2.24) is 15.0 Å². The monoisotopic (exact) mass is 354 g/mol. The van der Waals surface area contributed by atoms with Crippen molar-refractivity contribution >= 4 is 5.82 Å². The van der Waals surface area contributed by atoms with E-state index in [1.165, 1.54) is 25.7 Å². The molecule has 0 amide bonds. The van der Waals surface area contributed by atoms with Crippen LogP contribution in [0.3, 0.4) is 0 Å². The molecule has 0 saturated carbocycles. The van der Waals surface area contributed by atoms with E-state index in [-0.39, 0.29) is 5.56 Å². The molecule has 0 radical (unpaired) electrons. The highest BCUT2D eigenvalue weighted by Gasteiger charge is 2.29. The highest BCUT2D eigenvalue weighted by atomic mass is 16.5. The van der Waals surface area contributed by atoms with E-state index in [4.69, 9.17) is 4.74 Å². The number of hydrogen-bond acceptors (Lipinski definition) is 5. The molecule has 2 fully saturated rings. The fourth-order valence-electron chi connectivity index (χ4n) is 4.01. The quantitative estimate of drug-likeness (QED) is 0.914. The second-order valence-corrected chi connectivity index (χ2v) is 7.22. The zero-order valence-electron chi connectivity index (χ0n) is 15.3. The lowest BCUT2D eigenvalue weighted by Crippen LogP contribution is -2.38. The van der Waals surface area contributed by atoms with Crippen LogP contribution in [-0.2, 0) is 11.2 Å². The molecule has 1 N–H and O–H groups in total. The van der Waals surface area contributed by atoms with E-state index in [9.17, 15) is 4.79 Å². The minimum Gasteiger partial charge on any atom is -0.378 e. The summed E-state index contributed by atoms with van der Waals surface area (Å²) in [5.41, 5.74) is 1.52. The number of ether oxygens (including phenoxy) is 1.